The van der Waals surface area contributed by atoms with Crippen molar-refractivity contribution in [2.24, 2.45) is 0 Å². The van der Waals surface area contributed by atoms with Gasteiger partial charge >= 0.3 is 0 Å². The summed E-state index contributed by atoms with van der Waals surface area (Å²) in [6, 6.07) is 17.1. The Morgan fingerprint density at radius 3 is 2.47 bits per heavy atom. The Morgan fingerprint density at radius 1 is 1.06 bits per heavy atom. The van der Waals surface area contributed by atoms with Gasteiger partial charge in [-0.1, -0.05) is 48.0 Å². The maximum Gasteiger partial charge on any atom is 0.247 e. The van der Waals surface area contributed by atoms with Crippen LogP contribution in [0.25, 0.3) is 6.08 Å². The summed E-state index contributed by atoms with van der Waals surface area (Å²) >= 11 is 6.45. The quantitative estimate of drug-likeness (QED) is 0.468. The van der Waals surface area contributed by atoms with E-state index in [1.54, 1.807) is 37.3 Å². The van der Waals surface area contributed by atoms with E-state index in [1.165, 1.54) is 12.1 Å². The number of rotatable bonds is 5. The van der Waals surface area contributed by atoms with Crippen LogP contribution in [0.1, 0.15) is 28.3 Å². The van der Waals surface area contributed by atoms with E-state index in [-0.39, 0.29) is 16.5 Å². The van der Waals surface area contributed by atoms with Crippen LogP contribution in [0.4, 0.5) is 4.39 Å². The van der Waals surface area contributed by atoms with Gasteiger partial charge in [-0.05, 0) is 53.5 Å². The highest BCUT2D eigenvalue weighted by Crippen LogP contribution is 2.43. The number of fused-ring (bicyclic) bond motifs is 1. The highest BCUT2D eigenvalue weighted by atomic mass is 35.5. The van der Waals surface area contributed by atoms with E-state index in [9.17, 15) is 4.79 Å². The van der Waals surface area contributed by atoms with Crippen molar-refractivity contribution in [2.45, 2.75) is 12.5 Å². The van der Waals surface area contributed by atoms with Gasteiger partial charge in [0.05, 0.1) is 20.3 Å². The molecule has 0 N–H and O–H groups in total. The van der Waals surface area contributed by atoms with Crippen LogP contribution in [-0.2, 0) is 11.2 Å². The molecule has 3 aromatic rings. The largest absolute Gasteiger partial charge is 0.493 e. The molecule has 1 heterocycles. The Kier molecular flexibility index (Phi) is 6.47. The Balaban J connectivity index is 1.82. The first kappa shape index (κ1) is 21.9. The monoisotopic (exact) mass is 451 g/mol. The van der Waals surface area contributed by atoms with E-state index in [0.717, 1.165) is 16.7 Å². The zero-order valence-corrected chi connectivity index (χ0v) is 18.6. The second-order valence-electron chi connectivity index (χ2n) is 7.47. The van der Waals surface area contributed by atoms with Crippen LogP contribution in [0.5, 0.6) is 11.5 Å². The number of benzene rings is 3. The van der Waals surface area contributed by atoms with E-state index in [0.29, 0.717) is 24.5 Å². The Bertz CT molecular complexity index is 1140. The molecule has 32 heavy (non-hydrogen) atoms. The molecular formula is C26H23ClFNO3. The predicted octanol–water partition coefficient (Wildman–Crippen LogP) is 5.68. The lowest BCUT2D eigenvalue weighted by atomic mass is 9.87. The Labute approximate surface area is 191 Å². The fourth-order valence-electron chi connectivity index (χ4n) is 4.09. The van der Waals surface area contributed by atoms with Gasteiger partial charge in [0.2, 0.25) is 5.91 Å². The molecule has 1 amide bonds. The van der Waals surface area contributed by atoms with Crippen LogP contribution in [0.2, 0.25) is 5.02 Å². The SMILES string of the molecule is COc1cc2c(cc1OC)[C@H](c1c(F)cccc1Cl)N(C(=O)/C=C/c1ccccc1)CC2. The average Bonchev–Trinajstić information content (AvgIpc) is 2.82. The molecule has 164 valence electrons. The van der Waals surface area contributed by atoms with Crippen molar-refractivity contribution in [2.75, 3.05) is 20.8 Å². The molecule has 0 aromatic heterocycles. The van der Waals surface area contributed by atoms with Gasteiger partial charge in [-0.25, -0.2) is 4.39 Å². The summed E-state index contributed by atoms with van der Waals surface area (Å²) in [6.07, 6.45) is 3.87. The zero-order valence-electron chi connectivity index (χ0n) is 17.8. The second kappa shape index (κ2) is 9.45. The van der Waals surface area contributed by atoms with Crippen molar-refractivity contribution in [3.63, 3.8) is 0 Å². The third-order valence-corrected chi connectivity index (χ3v) is 5.98. The number of hydrogen-bond donors (Lipinski definition) is 0. The van der Waals surface area contributed by atoms with Crippen molar-refractivity contribution in [3.8, 4) is 11.5 Å². The van der Waals surface area contributed by atoms with Gasteiger partial charge in [-0.15, -0.1) is 0 Å². The summed E-state index contributed by atoms with van der Waals surface area (Å²) in [5.74, 6) is 0.416. The maximum absolute atomic E-state index is 15.0. The maximum atomic E-state index is 15.0. The molecule has 4 rings (SSSR count). The Hall–Kier alpha value is -3.31. The van der Waals surface area contributed by atoms with Gasteiger partial charge in [-0.2, -0.15) is 0 Å². The number of carbonyl (C=O) groups is 1. The van der Waals surface area contributed by atoms with E-state index in [2.05, 4.69) is 0 Å². The van der Waals surface area contributed by atoms with Crippen LogP contribution in [0.15, 0.2) is 66.7 Å². The minimum atomic E-state index is -0.694. The molecule has 0 bridgehead atoms. The third kappa shape index (κ3) is 4.21. The molecule has 0 unspecified atom stereocenters. The number of amides is 1. The van der Waals surface area contributed by atoms with Gasteiger partial charge in [0, 0.05) is 23.2 Å². The minimum Gasteiger partial charge on any atom is -0.493 e. The third-order valence-electron chi connectivity index (χ3n) is 5.65. The number of nitrogens with zero attached hydrogens (tertiary/aromatic N) is 1. The molecule has 1 aliphatic heterocycles. The summed E-state index contributed by atoms with van der Waals surface area (Å²) in [5, 5.41) is 0.266. The van der Waals surface area contributed by atoms with Gasteiger partial charge in [0.15, 0.2) is 11.5 Å². The van der Waals surface area contributed by atoms with E-state index in [4.69, 9.17) is 21.1 Å². The molecule has 3 aromatic carbocycles. The van der Waals surface area contributed by atoms with Crippen LogP contribution in [-0.4, -0.2) is 31.6 Å². The number of methoxy groups -OCH3 is 2. The van der Waals surface area contributed by atoms with E-state index in [1.807, 2.05) is 42.5 Å². The molecule has 4 nitrogen and oxygen atoms in total. The van der Waals surface area contributed by atoms with Gasteiger partial charge < -0.3 is 14.4 Å². The summed E-state index contributed by atoms with van der Waals surface area (Å²) in [4.78, 5) is 14.9. The first-order chi connectivity index (χ1) is 15.5. The molecule has 0 aliphatic carbocycles. The zero-order chi connectivity index (χ0) is 22.7. The fraction of sp³-hybridized carbons (Fsp3) is 0.192. The first-order valence-electron chi connectivity index (χ1n) is 10.3. The minimum absolute atomic E-state index is 0.224. The first-order valence-corrected chi connectivity index (χ1v) is 10.6. The van der Waals surface area contributed by atoms with Gasteiger partial charge in [0.25, 0.3) is 0 Å². The number of carbonyl (C=O) groups excluding carboxylic acids is 1. The normalized spacial score (nSPS) is 15.5. The van der Waals surface area contributed by atoms with Crippen LogP contribution >= 0.6 is 11.6 Å². The average molecular weight is 452 g/mol. The molecule has 0 saturated carbocycles. The van der Waals surface area contributed by atoms with E-state index < -0.39 is 11.9 Å². The summed E-state index contributed by atoms with van der Waals surface area (Å²) in [7, 11) is 3.12. The smallest absolute Gasteiger partial charge is 0.247 e. The van der Waals surface area contributed by atoms with Crippen LogP contribution in [0.3, 0.4) is 0 Å². The molecule has 1 atom stereocenters. The van der Waals surface area contributed by atoms with Crippen molar-refractivity contribution < 1.29 is 18.7 Å². The predicted molar refractivity (Wildman–Crippen MR) is 124 cm³/mol. The highest BCUT2D eigenvalue weighted by Gasteiger charge is 2.35. The Morgan fingerprint density at radius 2 is 1.78 bits per heavy atom. The van der Waals surface area contributed by atoms with Crippen molar-refractivity contribution in [1.29, 1.82) is 0 Å². The van der Waals surface area contributed by atoms with E-state index >= 15 is 4.39 Å². The van der Waals surface area contributed by atoms with Crippen molar-refractivity contribution >= 4 is 23.6 Å². The fourth-order valence-corrected chi connectivity index (χ4v) is 4.36. The number of halogens is 2. The van der Waals surface area contributed by atoms with Crippen molar-refractivity contribution in [1.82, 2.24) is 4.90 Å². The summed E-state index contributed by atoms with van der Waals surface area (Å²) < 4.78 is 26.0. The topological polar surface area (TPSA) is 38.8 Å². The van der Waals surface area contributed by atoms with Crippen LogP contribution in [0, 0.1) is 5.82 Å². The highest BCUT2D eigenvalue weighted by molar-refractivity contribution is 6.31. The molecule has 0 saturated heterocycles. The lowest BCUT2D eigenvalue weighted by Gasteiger charge is -2.38. The summed E-state index contributed by atoms with van der Waals surface area (Å²) in [5.41, 5.74) is 2.90. The molecule has 0 spiro atoms. The lowest BCUT2D eigenvalue weighted by Crippen LogP contribution is -2.40. The van der Waals surface area contributed by atoms with Gasteiger partial charge in [0.1, 0.15) is 5.82 Å². The number of hydrogen-bond acceptors (Lipinski definition) is 3. The van der Waals surface area contributed by atoms with Crippen molar-refractivity contribution in [3.05, 3.63) is 99.8 Å². The molecular weight excluding hydrogens is 429 g/mol. The second-order valence-corrected chi connectivity index (χ2v) is 7.88. The summed E-state index contributed by atoms with van der Waals surface area (Å²) in [6.45, 7) is 0.412. The lowest BCUT2D eigenvalue weighted by molar-refractivity contribution is -0.128. The van der Waals surface area contributed by atoms with Crippen LogP contribution < -0.4 is 9.47 Å². The standard InChI is InChI=1S/C26H23ClFNO3/c1-31-22-15-18-13-14-29(24(30)12-11-17-7-4-3-5-8-17)26(19(18)16-23(22)32-2)25-20(27)9-6-10-21(25)28/h3-12,15-16,26H,13-14H2,1-2H3/b12-11+/t26-/m1/s1. The number of ether oxygens (including phenoxy) is 2. The molecule has 6 heteroatoms. The molecule has 1 aliphatic rings. The molecule has 0 fully saturated rings. The molecule has 0 radical (unpaired) electrons. The van der Waals surface area contributed by atoms with Gasteiger partial charge in [-0.3, -0.25) is 4.79 Å².